The van der Waals surface area contributed by atoms with Gasteiger partial charge in [-0.25, -0.2) is 0 Å². The SMILES string of the molecule is CCNC(c1cnccn1)c1ccccc1OC(F)(F)F. The Hall–Kier alpha value is -2.15. The lowest BCUT2D eigenvalue weighted by atomic mass is 10.0. The summed E-state index contributed by atoms with van der Waals surface area (Å²) in [6.07, 6.45) is -0.232. The monoisotopic (exact) mass is 297 g/mol. The molecule has 0 aliphatic rings. The second kappa shape index (κ2) is 6.53. The second-order valence-corrected chi connectivity index (χ2v) is 4.21. The Bertz CT molecular complexity index is 575. The number of alkyl halides is 3. The number of aromatic nitrogens is 2. The van der Waals surface area contributed by atoms with Crippen LogP contribution in [-0.4, -0.2) is 22.9 Å². The fourth-order valence-corrected chi connectivity index (χ4v) is 1.97. The van der Waals surface area contributed by atoms with E-state index >= 15 is 0 Å². The highest BCUT2D eigenvalue weighted by atomic mass is 19.4. The maximum atomic E-state index is 12.5. The van der Waals surface area contributed by atoms with Crippen molar-refractivity contribution < 1.29 is 17.9 Å². The third-order valence-electron chi connectivity index (χ3n) is 2.74. The maximum Gasteiger partial charge on any atom is 0.573 e. The van der Waals surface area contributed by atoms with Crippen LogP contribution in [0, 0.1) is 0 Å². The Labute approximate surface area is 120 Å². The van der Waals surface area contributed by atoms with Crippen molar-refractivity contribution in [3.8, 4) is 5.75 Å². The van der Waals surface area contributed by atoms with Crippen LogP contribution in [0.5, 0.6) is 5.75 Å². The molecule has 0 fully saturated rings. The molecule has 1 aromatic carbocycles. The molecule has 0 spiro atoms. The largest absolute Gasteiger partial charge is 0.573 e. The molecule has 0 radical (unpaired) electrons. The lowest BCUT2D eigenvalue weighted by molar-refractivity contribution is -0.275. The molecule has 1 aromatic heterocycles. The average molecular weight is 297 g/mol. The van der Waals surface area contributed by atoms with Gasteiger partial charge in [-0.2, -0.15) is 0 Å². The quantitative estimate of drug-likeness (QED) is 0.921. The van der Waals surface area contributed by atoms with Gasteiger partial charge in [-0.1, -0.05) is 25.1 Å². The highest BCUT2D eigenvalue weighted by molar-refractivity contribution is 5.39. The van der Waals surface area contributed by atoms with Crippen LogP contribution in [0.3, 0.4) is 0 Å². The standard InChI is InChI=1S/C14H14F3N3O/c1-2-19-13(11-9-18-7-8-20-11)10-5-3-4-6-12(10)21-14(15,16)17/h3-9,13,19H,2H2,1H3. The van der Waals surface area contributed by atoms with Gasteiger partial charge in [0.15, 0.2) is 0 Å². The molecular formula is C14H14F3N3O. The first-order valence-electron chi connectivity index (χ1n) is 6.35. The zero-order valence-corrected chi connectivity index (χ0v) is 11.3. The summed E-state index contributed by atoms with van der Waals surface area (Å²) >= 11 is 0. The van der Waals surface area contributed by atoms with E-state index in [2.05, 4.69) is 20.0 Å². The highest BCUT2D eigenvalue weighted by Crippen LogP contribution is 2.32. The third-order valence-corrected chi connectivity index (χ3v) is 2.74. The van der Waals surface area contributed by atoms with Gasteiger partial charge in [0, 0.05) is 18.0 Å². The topological polar surface area (TPSA) is 47.0 Å². The summed E-state index contributed by atoms with van der Waals surface area (Å²) in [6, 6.07) is 5.47. The minimum atomic E-state index is -4.74. The summed E-state index contributed by atoms with van der Waals surface area (Å²) in [4.78, 5) is 8.10. The van der Waals surface area contributed by atoms with Crippen LogP contribution in [0.2, 0.25) is 0 Å². The summed E-state index contributed by atoms with van der Waals surface area (Å²) in [5.41, 5.74) is 0.884. The van der Waals surface area contributed by atoms with E-state index in [0.29, 0.717) is 17.8 Å². The summed E-state index contributed by atoms with van der Waals surface area (Å²) in [5.74, 6) is -0.249. The van der Waals surface area contributed by atoms with E-state index < -0.39 is 12.4 Å². The molecule has 2 aromatic rings. The fraction of sp³-hybridized carbons (Fsp3) is 0.286. The van der Waals surface area contributed by atoms with E-state index in [1.807, 2.05) is 6.92 Å². The van der Waals surface area contributed by atoms with Gasteiger partial charge in [0.05, 0.1) is 17.9 Å². The smallest absolute Gasteiger partial charge is 0.405 e. The molecule has 0 bridgehead atoms. The van der Waals surface area contributed by atoms with Crippen LogP contribution in [0.4, 0.5) is 13.2 Å². The van der Waals surface area contributed by atoms with Crippen molar-refractivity contribution in [2.75, 3.05) is 6.54 Å². The summed E-state index contributed by atoms with van der Waals surface area (Å²) < 4.78 is 41.6. The number of rotatable bonds is 5. The molecule has 2 rings (SSSR count). The number of nitrogens with one attached hydrogen (secondary N) is 1. The molecule has 1 unspecified atom stereocenters. The van der Waals surface area contributed by atoms with Crippen molar-refractivity contribution in [3.05, 3.63) is 54.1 Å². The molecule has 1 atom stereocenters. The van der Waals surface area contributed by atoms with Gasteiger partial charge in [0.1, 0.15) is 5.75 Å². The van der Waals surface area contributed by atoms with Crippen LogP contribution < -0.4 is 10.1 Å². The van der Waals surface area contributed by atoms with Gasteiger partial charge in [0.2, 0.25) is 0 Å². The Morgan fingerprint density at radius 2 is 2.00 bits per heavy atom. The Morgan fingerprint density at radius 1 is 1.24 bits per heavy atom. The number of para-hydroxylation sites is 1. The molecule has 112 valence electrons. The Balaban J connectivity index is 2.41. The zero-order chi connectivity index (χ0) is 15.3. The van der Waals surface area contributed by atoms with Gasteiger partial charge in [-0.05, 0) is 12.6 Å². The van der Waals surface area contributed by atoms with E-state index in [4.69, 9.17) is 0 Å². The van der Waals surface area contributed by atoms with Gasteiger partial charge < -0.3 is 10.1 Å². The number of benzene rings is 1. The van der Waals surface area contributed by atoms with E-state index in [0.717, 1.165) is 0 Å². The van der Waals surface area contributed by atoms with Crippen molar-refractivity contribution in [1.82, 2.24) is 15.3 Å². The summed E-state index contributed by atoms with van der Waals surface area (Å²) in [7, 11) is 0. The van der Waals surface area contributed by atoms with E-state index in [1.54, 1.807) is 12.1 Å². The van der Waals surface area contributed by atoms with Crippen LogP contribution in [0.25, 0.3) is 0 Å². The zero-order valence-electron chi connectivity index (χ0n) is 11.3. The normalized spacial score (nSPS) is 13.0. The van der Waals surface area contributed by atoms with Gasteiger partial charge in [0.25, 0.3) is 0 Å². The van der Waals surface area contributed by atoms with Crippen molar-refractivity contribution >= 4 is 0 Å². The predicted octanol–water partition coefficient (Wildman–Crippen LogP) is 3.07. The Kier molecular flexibility index (Phi) is 4.74. The van der Waals surface area contributed by atoms with Crippen molar-refractivity contribution in [1.29, 1.82) is 0 Å². The first-order valence-corrected chi connectivity index (χ1v) is 6.35. The molecule has 1 N–H and O–H groups in total. The van der Waals surface area contributed by atoms with Crippen LogP contribution in [-0.2, 0) is 0 Å². The number of nitrogens with zero attached hydrogens (tertiary/aromatic N) is 2. The third kappa shape index (κ3) is 4.16. The second-order valence-electron chi connectivity index (χ2n) is 4.21. The van der Waals surface area contributed by atoms with E-state index in [9.17, 15) is 13.2 Å². The predicted molar refractivity (Wildman–Crippen MR) is 70.7 cm³/mol. The molecule has 0 aliphatic heterocycles. The number of ether oxygens (including phenoxy) is 1. The van der Waals surface area contributed by atoms with Gasteiger partial charge in [-0.3, -0.25) is 9.97 Å². The first-order chi connectivity index (χ1) is 10.0. The molecule has 0 saturated carbocycles. The Morgan fingerprint density at radius 3 is 2.62 bits per heavy atom. The number of hydrogen-bond acceptors (Lipinski definition) is 4. The molecule has 21 heavy (non-hydrogen) atoms. The highest BCUT2D eigenvalue weighted by Gasteiger charge is 2.33. The molecule has 4 nitrogen and oxygen atoms in total. The van der Waals surface area contributed by atoms with Crippen molar-refractivity contribution in [2.45, 2.75) is 19.3 Å². The fourth-order valence-electron chi connectivity index (χ4n) is 1.97. The van der Waals surface area contributed by atoms with Crippen LogP contribution in [0.15, 0.2) is 42.9 Å². The molecular weight excluding hydrogens is 283 g/mol. The molecule has 0 amide bonds. The van der Waals surface area contributed by atoms with Gasteiger partial charge >= 0.3 is 6.36 Å². The molecule has 7 heteroatoms. The lowest BCUT2D eigenvalue weighted by Crippen LogP contribution is -2.25. The average Bonchev–Trinajstić information content (AvgIpc) is 2.45. The number of halogens is 3. The minimum absolute atomic E-state index is 0.249. The number of hydrogen-bond donors (Lipinski definition) is 1. The molecule has 1 heterocycles. The first kappa shape index (κ1) is 15.2. The lowest BCUT2D eigenvalue weighted by Gasteiger charge is -2.21. The van der Waals surface area contributed by atoms with Crippen LogP contribution >= 0.6 is 0 Å². The van der Waals surface area contributed by atoms with Crippen LogP contribution in [0.1, 0.15) is 24.2 Å². The molecule has 0 aliphatic carbocycles. The maximum absolute atomic E-state index is 12.5. The summed E-state index contributed by atoms with van der Waals surface area (Å²) in [5, 5.41) is 3.09. The van der Waals surface area contributed by atoms with Gasteiger partial charge in [-0.15, -0.1) is 13.2 Å². The molecule has 0 saturated heterocycles. The summed E-state index contributed by atoms with van der Waals surface area (Å²) in [6.45, 7) is 2.41. The minimum Gasteiger partial charge on any atom is -0.405 e. The van der Waals surface area contributed by atoms with Crippen molar-refractivity contribution in [2.24, 2.45) is 0 Å². The van der Waals surface area contributed by atoms with Crippen molar-refractivity contribution in [3.63, 3.8) is 0 Å². The van der Waals surface area contributed by atoms with E-state index in [-0.39, 0.29) is 5.75 Å². The van der Waals surface area contributed by atoms with E-state index in [1.165, 1.54) is 30.7 Å².